The Kier molecular flexibility index (Phi) is 7.75. The molecule has 1 heterocycles. The molecule has 0 saturated carbocycles. The summed E-state index contributed by atoms with van der Waals surface area (Å²) in [5, 5.41) is 28.8. The van der Waals surface area contributed by atoms with Gasteiger partial charge in [-0.15, -0.1) is 0 Å². The summed E-state index contributed by atoms with van der Waals surface area (Å²) in [5.74, 6) is -3.65. The van der Waals surface area contributed by atoms with E-state index in [-0.39, 0.29) is 0 Å². The van der Waals surface area contributed by atoms with E-state index in [1.54, 1.807) is 11.8 Å². The summed E-state index contributed by atoms with van der Waals surface area (Å²) in [5.41, 5.74) is 4.57. The summed E-state index contributed by atoms with van der Waals surface area (Å²) in [4.78, 5) is 22.9. The fourth-order valence-electron chi connectivity index (χ4n) is 3.25. The minimum atomic E-state index is -1.82. The Morgan fingerprint density at radius 2 is 1.38 bits per heavy atom. The van der Waals surface area contributed by atoms with Crippen LogP contribution in [-0.2, 0) is 9.59 Å². The highest BCUT2D eigenvalue weighted by Gasteiger charge is 2.24. The lowest BCUT2D eigenvalue weighted by atomic mass is 10.1. The van der Waals surface area contributed by atoms with Crippen molar-refractivity contribution in [2.45, 2.75) is 22.8 Å². The Morgan fingerprint density at radius 3 is 1.91 bits per heavy atom. The van der Waals surface area contributed by atoms with E-state index >= 15 is 0 Å². The number of anilines is 3. The number of hydrogen-bond donors (Lipinski definition) is 4. The molecule has 0 amide bonds. The van der Waals surface area contributed by atoms with Crippen LogP contribution in [0.5, 0.6) is 0 Å². The van der Waals surface area contributed by atoms with E-state index in [0.29, 0.717) is 13.1 Å². The van der Waals surface area contributed by atoms with Gasteiger partial charge in [0.25, 0.3) is 0 Å². The molecule has 1 unspecified atom stereocenters. The molecule has 1 atom stereocenters. The van der Waals surface area contributed by atoms with Gasteiger partial charge in [-0.05, 0) is 42.8 Å². The van der Waals surface area contributed by atoms with Crippen molar-refractivity contribution in [3.05, 3.63) is 78.4 Å². The van der Waals surface area contributed by atoms with Gasteiger partial charge >= 0.3 is 11.9 Å². The van der Waals surface area contributed by atoms with E-state index in [0.717, 1.165) is 17.1 Å². The first-order valence-electron chi connectivity index (χ1n) is 9.94. The maximum Gasteiger partial charge on any atom is 0.414 e. The largest absolute Gasteiger partial charge is 0.473 e. The number of carboxylic acid groups (broad SMARTS) is 2. The zero-order chi connectivity index (χ0) is 23.1. The zero-order valence-corrected chi connectivity index (χ0v) is 18.2. The number of para-hydroxylation sites is 3. The van der Waals surface area contributed by atoms with Crippen molar-refractivity contribution in [3.63, 3.8) is 0 Å². The van der Waals surface area contributed by atoms with Crippen molar-refractivity contribution in [2.24, 2.45) is 0 Å². The van der Waals surface area contributed by atoms with Crippen LogP contribution >= 0.6 is 11.8 Å². The van der Waals surface area contributed by atoms with Gasteiger partial charge in [0.2, 0.25) is 0 Å². The van der Waals surface area contributed by atoms with Crippen LogP contribution in [0.4, 0.5) is 17.1 Å². The van der Waals surface area contributed by atoms with Crippen LogP contribution in [0.25, 0.3) is 0 Å². The average molecular weight is 453 g/mol. The van der Waals surface area contributed by atoms with Crippen molar-refractivity contribution in [2.75, 3.05) is 23.3 Å². The maximum absolute atomic E-state index is 10.7. The fourth-order valence-corrected chi connectivity index (χ4v) is 4.35. The van der Waals surface area contributed by atoms with Gasteiger partial charge in [0.05, 0.1) is 24.0 Å². The standard InChI is InChI=1S/C22H22N2OS.C2H2O4/c1-16-8-2-3-9-18(16)23-14-17(25)15-24-19-10-4-6-12-21(19)26-22-13-7-5-11-20(22)24;3-1(4)2(5)6/h2-13,17,23,25H,14-15H2,1H3;(H,3,4)(H,5,6). The third kappa shape index (κ3) is 5.81. The summed E-state index contributed by atoms with van der Waals surface area (Å²) >= 11 is 1.79. The Balaban J connectivity index is 0.000000427. The molecule has 3 aromatic rings. The second-order valence-corrected chi connectivity index (χ2v) is 8.19. The molecule has 0 fully saturated rings. The number of β-amino-alcohol motifs (C(OH)–C–C–N with tert-alkyl or cyclic N) is 1. The van der Waals surface area contributed by atoms with Crippen LogP contribution in [0.3, 0.4) is 0 Å². The van der Waals surface area contributed by atoms with Crippen LogP contribution in [-0.4, -0.2) is 46.5 Å². The van der Waals surface area contributed by atoms with Crippen molar-refractivity contribution in [3.8, 4) is 0 Å². The smallest absolute Gasteiger partial charge is 0.414 e. The monoisotopic (exact) mass is 452 g/mol. The maximum atomic E-state index is 10.7. The Labute approximate surface area is 190 Å². The number of carboxylic acids is 2. The van der Waals surface area contributed by atoms with Crippen LogP contribution in [0.1, 0.15) is 5.56 Å². The summed E-state index contributed by atoms with van der Waals surface area (Å²) in [7, 11) is 0. The predicted molar refractivity (Wildman–Crippen MR) is 125 cm³/mol. The number of rotatable bonds is 5. The summed E-state index contributed by atoms with van der Waals surface area (Å²) in [6.45, 7) is 3.13. The van der Waals surface area contributed by atoms with Gasteiger partial charge in [0.1, 0.15) is 0 Å². The van der Waals surface area contributed by atoms with Gasteiger partial charge in [-0.3, -0.25) is 0 Å². The van der Waals surface area contributed by atoms with Gasteiger partial charge in [-0.25, -0.2) is 9.59 Å². The van der Waals surface area contributed by atoms with Crippen LogP contribution < -0.4 is 10.2 Å². The van der Waals surface area contributed by atoms with E-state index in [9.17, 15) is 5.11 Å². The summed E-state index contributed by atoms with van der Waals surface area (Å²) in [6.07, 6.45) is -0.487. The molecular weight excluding hydrogens is 428 g/mol. The molecule has 0 bridgehead atoms. The molecule has 7 nitrogen and oxygen atoms in total. The van der Waals surface area contributed by atoms with E-state index in [2.05, 4.69) is 71.7 Å². The van der Waals surface area contributed by atoms with Gasteiger partial charge in [-0.2, -0.15) is 0 Å². The number of carbonyl (C=O) groups is 2. The molecule has 1 aliphatic heterocycles. The third-order valence-corrected chi connectivity index (χ3v) is 5.91. The molecule has 4 N–H and O–H groups in total. The van der Waals surface area contributed by atoms with Crippen LogP contribution in [0.15, 0.2) is 82.6 Å². The first-order valence-corrected chi connectivity index (χ1v) is 10.8. The number of aliphatic hydroxyl groups excluding tert-OH is 1. The molecule has 0 aliphatic carbocycles. The lowest BCUT2D eigenvalue weighted by molar-refractivity contribution is -0.159. The van der Waals surface area contributed by atoms with Gasteiger partial charge < -0.3 is 25.5 Å². The molecule has 0 aromatic heterocycles. The topological polar surface area (TPSA) is 110 Å². The molecular formula is C24H24N2O5S. The first kappa shape index (κ1) is 23.2. The predicted octanol–water partition coefficient (Wildman–Crippen LogP) is 4.23. The van der Waals surface area contributed by atoms with Crippen LogP contribution in [0.2, 0.25) is 0 Å². The number of fused-ring (bicyclic) bond motifs is 2. The van der Waals surface area contributed by atoms with Crippen molar-refractivity contribution in [1.29, 1.82) is 0 Å². The number of aryl methyl sites for hydroxylation is 1. The molecule has 32 heavy (non-hydrogen) atoms. The third-order valence-electron chi connectivity index (χ3n) is 4.78. The highest BCUT2D eigenvalue weighted by atomic mass is 32.2. The van der Waals surface area contributed by atoms with Gasteiger partial charge in [0, 0.05) is 22.0 Å². The minimum Gasteiger partial charge on any atom is -0.473 e. The first-order chi connectivity index (χ1) is 15.4. The SMILES string of the molecule is Cc1ccccc1NCC(O)CN1c2ccccc2Sc2ccccc21.O=C(O)C(=O)O. The lowest BCUT2D eigenvalue weighted by Gasteiger charge is -2.34. The van der Waals surface area contributed by atoms with Crippen molar-refractivity contribution in [1.82, 2.24) is 0 Å². The highest BCUT2D eigenvalue weighted by Crippen LogP contribution is 2.47. The summed E-state index contributed by atoms with van der Waals surface area (Å²) < 4.78 is 0. The van der Waals surface area contributed by atoms with Crippen molar-refractivity contribution >= 4 is 40.8 Å². The highest BCUT2D eigenvalue weighted by molar-refractivity contribution is 7.99. The molecule has 4 rings (SSSR count). The van der Waals surface area contributed by atoms with Crippen LogP contribution in [0, 0.1) is 6.92 Å². The second-order valence-electron chi connectivity index (χ2n) is 7.11. The molecule has 0 radical (unpaired) electrons. The fraction of sp³-hybridized carbons (Fsp3) is 0.167. The van der Waals surface area contributed by atoms with E-state index < -0.39 is 18.0 Å². The minimum absolute atomic E-state index is 0.487. The quantitative estimate of drug-likeness (QED) is 0.426. The molecule has 0 spiro atoms. The van der Waals surface area contributed by atoms with E-state index in [1.165, 1.54) is 15.4 Å². The van der Waals surface area contributed by atoms with Gasteiger partial charge in [0.15, 0.2) is 0 Å². The lowest BCUT2D eigenvalue weighted by Crippen LogP contribution is -2.34. The number of benzene rings is 3. The molecule has 8 heteroatoms. The normalized spacial score (nSPS) is 12.5. The number of nitrogens with one attached hydrogen (secondary N) is 1. The van der Waals surface area contributed by atoms with E-state index in [1.807, 2.05) is 18.2 Å². The Hall–Kier alpha value is -3.49. The molecule has 0 saturated heterocycles. The van der Waals surface area contributed by atoms with Gasteiger partial charge in [-0.1, -0.05) is 54.2 Å². The molecule has 166 valence electrons. The summed E-state index contributed by atoms with van der Waals surface area (Å²) in [6, 6.07) is 24.9. The Bertz CT molecular complexity index is 1050. The number of aliphatic hydroxyl groups is 1. The molecule has 1 aliphatic rings. The number of aliphatic carboxylic acids is 2. The Morgan fingerprint density at radius 1 is 0.875 bits per heavy atom. The van der Waals surface area contributed by atoms with Crippen molar-refractivity contribution < 1.29 is 24.9 Å². The second kappa shape index (κ2) is 10.7. The average Bonchev–Trinajstić information content (AvgIpc) is 2.78. The molecule has 3 aromatic carbocycles. The van der Waals surface area contributed by atoms with E-state index in [4.69, 9.17) is 19.8 Å². The number of nitrogens with zero attached hydrogens (tertiary/aromatic N) is 1. The zero-order valence-electron chi connectivity index (χ0n) is 17.4. The number of hydrogen-bond acceptors (Lipinski definition) is 6.